The summed E-state index contributed by atoms with van der Waals surface area (Å²) < 4.78 is 0. The molecule has 0 heterocycles. The third kappa shape index (κ3) is 28.7. The fourth-order valence-electron chi connectivity index (χ4n) is 3.05. The normalized spacial score (nSPS) is 11.3. The number of carboxylic acid groups (broad SMARTS) is 1. The van der Waals surface area contributed by atoms with E-state index in [0.717, 1.165) is 6.42 Å². The Bertz CT molecular complexity index is 451. The maximum atomic E-state index is 10.7. The predicted molar refractivity (Wildman–Crippen MR) is 131 cm³/mol. The summed E-state index contributed by atoms with van der Waals surface area (Å²) in [5.74, 6) is -1.54. The number of carbonyl (C=O) groups excluding carboxylic acids is 2. The quantitative estimate of drug-likeness (QED) is 0.137. The molecular weight excluding hydrogens is 414 g/mol. The minimum atomic E-state index is -1.09. The second kappa shape index (κ2) is 25.0. The van der Waals surface area contributed by atoms with Gasteiger partial charge in [0.2, 0.25) is 11.8 Å². The standard InChI is InChI=1S/C18H37NO.C5H10N2O3S/c1-2-3-4-5-6-7-8-9-10-11-12-13-14-15-16-17-18(19)20;6-3(2-11)5(10)7-1-4(8)9/h2-17H2,1H3,(H2,19,20);3,11H,1-2,6H2,(H,7,10)(H,8,9)/t;3-/m.0/s1. The van der Waals surface area contributed by atoms with Crippen molar-refractivity contribution in [2.75, 3.05) is 12.3 Å². The van der Waals surface area contributed by atoms with Crippen molar-refractivity contribution >= 4 is 30.4 Å². The van der Waals surface area contributed by atoms with Crippen LogP contribution in [0, 0.1) is 0 Å². The molecule has 8 heteroatoms. The van der Waals surface area contributed by atoms with Gasteiger partial charge < -0.3 is 21.9 Å². The van der Waals surface area contributed by atoms with Crippen LogP contribution in [0.4, 0.5) is 0 Å². The van der Waals surface area contributed by atoms with Gasteiger partial charge in [-0.1, -0.05) is 96.8 Å². The van der Waals surface area contributed by atoms with Gasteiger partial charge in [-0.25, -0.2) is 0 Å². The monoisotopic (exact) mass is 461 g/mol. The third-order valence-corrected chi connectivity index (χ3v) is 5.37. The largest absolute Gasteiger partial charge is 0.480 e. The number of aliphatic carboxylic acids is 1. The van der Waals surface area contributed by atoms with E-state index >= 15 is 0 Å². The first-order chi connectivity index (χ1) is 14.8. The zero-order chi connectivity index (χ0) is 23.7. The van der Waals surface area contributed by atoms with Crippen LogP contribution < -0.4 is 16.8 Å². The molecule has 0 aliphatic rings. The number of amides is 2. The number of carbonyl (C=O) groups is 3. The third-order valence-electron chi connectivity index (χ3n) is 4.97. The number of unbranched alkanes of at least 4 members (excludes halogenated alkanes) is 14. The topological polar surface area (TPSA) is 136 Å². The molecule has 0 aromatic rings. The molecule has 0 rings (SSSR count). The molecule has 0 bridgehead atoms. The SMILES string of the molecule is CCCCCCCCCCCCCCCCCC(N)=O.N[C@@H](CS)C(=O)NCC(=O)O. The number of hydrogen-bond acceptors (Lipinski definition) is 5. The van der Waals surface area contributed by atoms with Crippen LogP contribution >= 0.6 is 12.6 Å². The first-order valence-corrected chi connectivity index (χ1v) is 12.6. The van der Waals surface area contributed by atoms with Gasteiger partial charge in [0.1, 0.15) is 6.54 Å². The summed E-state index contributed by atoms with van der Waals surface area (Å²) >= 11 is 3.77. The van der Waals surface area contributed by atoms with Gasteiger partial charge in [0.05, 0.1) is 6.04 Å². The van der Waals surface area contributed by atoms with Crippen LogP contribution in [0.2, 0.25) is 0 Å². The number of nitrogens with two attached hydrogens (primary N) is 2. The minimum absolute atomic E-state index is 0.153. The highest BCUT2D eigenvalue weighted by Crippen LogP contribution is 2.13. The molecule has 0 aliphatic heterocycles. The highest BCUT2D eigenvalue weighted by Gasteiger charge is 2.11. The van der Waals surface area contributed by atoms with Gasteiger partial charge in [0.25, 0.3) is 0 Å². The van der Waals surface area contributed by atoms with Crippen LogP contribution in [0.25, 0.3) is 0 Å². The van der Waals surface area contributed by atoms with Crippen molar-refractivity contribution in [2.45, 2.75) is 116 Å². The molecule has 0 aromatic carbocycles. The van der Waals surface area contributed by atoms with Gasteiger partial charge >= 0.3 is 5.97 Å². The minimum Gasteiger partial charge on any atom is -0.480 e. The number of thiol groups is 1. The van der Waals surface area contributed by atoms with Crippen molar-refractivity contribution in [1.82, 2.24) is 5.32 Å². The lowest BCUT2D eigenvalue weighted by molar-refractivity contribution is -0.138. The average Bonchev–Trinajstić information content (AvgIpc) is 2.74. The van der Waals surface area contributed by atoms with Crippen molar-refractivity contribution in [3.63, 3.8) is 0 Å². The van der Waals surface area contributed by atoms with E-state index in [4.69, 9.17) is 16.6 Å². The van der Waals surface area contributed by atoms with Crippen molar-refractivity contribution in [3.05, 3.63) is 0 Å². The Kier molecular flexibility index (Phi) is 25.7. The molecule has 0 aliphatic carbocycles. The zero-order valence-electron chi connectivity index (χ0n) is 19.6. The molecule has 0 saturated heterocycles. The van der Waals surface area contributed by atoms with Crippen molar-refractivity contribution in [1.29, 1.82) is 0 Å². The van der Waals surface area contributed by atoms with E-state index in [9.17, 15) is 14.4 Å². The van der Waals surface area contributed by atoms with Crippen molar-refractivity contribution in [3.8, 4) is 0 Å². The lowest BCUT2D eigenvalue weighted by Crippen LogP contribution is -2.43. The summed E-state index contributed by atoms with van der Waals surface area (Å²) in [5, 5.41) is 10.3. The maximum absolute atomic E-state index is 10.7. The number of rotatable bonds is 20. The van der Waals surface area contributed by atoms with Gasteiger partial charge in [-0.15, -0.1) is 0 Å². The molecule has 6 N–H and O–H groups in total. The van der Waals surface area contributed by atoms with Gasteiger partial charge in [0, 0.05) is 12.2 Å². The van der Waals surface area contributed by atoms with E-state index in [0.29, 0.717) is 6.42 Å². The molecule has 0 saturated carbocycles. The van der Waals surface area contributed by atoms with Crippen LogP contribution in [-0.4, -0.2) is 41.2 Å². The Balaban J connectivity index is 0. The Labute approximate surface area is 194 Å². The first-order valence-electron chi connectivity index (χ1n) is 12.0. The molecule has 0 spiro atoms. The van der Waals surface area contributed by atoms with E-state index < -0.39 is 24.5 Å². The van der Waals surface area contributed by atoms with Crippen LogP contribution in [0.15, 0.2) is 0 Å². The molecule has 1 atom stereocenters. The van der Waals surface area contributed by atoms with Gasteiger partial charge in [-0.3, -0.25) is 14.4 Å². The van der Waals surface area contributed by atoms with Gasteiger partial charge in [0.15, 0.2) is 0 Å². The number of hydrogen-bond donors (Lipinski definition) is 5. The molecule has 7 nitrogen and oxygen atoms in total. The Hall–Kier alpha value is -1.28. The second-order valence-corrected chi connectivity index (χ2v) is 8.43. The highest BCUT2D eigenvalue weighted by molar-refractivity contribution is 7.80. The molecule has 31 heavy (non-hydrogen) atoms. The van der Waals surface area contributed by atoms with E-state index in [1.165, 1.54) is 89.9 Å². The van der Waals surface area contributed by atoms with Gasteiger partial charge in [-0.2, -0.15) is 12.6 Å². The highest BCUT2D eigenvalue weighted by atomic mass is 32.1. The fraction of sp³-hybridized carbons (Fsp3) is 0.870. The smallest absolute Gasteiger partial charge is 0.322 e. The molecule has 0 radical (unpaired) electrons. The van der Waals surface area contributed by atoms with Gasteiger partial charge in [-0.05, 0) is 6.42 Å². The Morgan fingerprint density at radius 2 is 1.19 bits per heavy atom. The van der Waals surface area contributed by atoms with E-state index in [1.807, 2.05) is 0 Å². The second-order valence-electron chi connectivity index (χ2n) is 8.07. The average molecular weight is 462 g/mol. The van der Waals surface area contributed by atoms with E-state index in [-0.39, 0.29) is 11.7 Å². The summed E-state index contributed by atoms with van der Waals surface area (Å²) in [6.07, 6.45) is 20.9. The summed E-state index contributed by atoms with van der Waals surface area (Å²) in [7, 11) is 0. The van der Waals surface area contributed by atoms with E-state index in [1.54, 1.807) is 0 Å². The Morgan fingerprint density at radius 1 is 0.806 bits per heavy atom. The number of nitrogens with one attached hydrogen (secondary N) is 1. The molecule has 0 aromatic heterocycles. The van der Waals surface area contributed by atoms with Crippen molar-refractivity contribution < 1.29 is 19.5 Å². The molecular formula is C23H47N3O4S. The molecule has 184 valence electrons. The fourth-order valence-corrected chi connectivity index (χ4v) is 3.21. The van der Waals surface area contributed by atoms with Crippen LogP contribution in [0.1, 0.15) is 110 Å². The Morgan fingerprint density at radius 3 is 1.52 bits per heavy atom. The summed E-state index contributed by atoms with van der Waals surface area (Å²) in [6, 6.07) is -0.738. The van der Waals surface area contributed by atoms with Crippen LogP contribution in [-0.2, 0) is 14.4 Å². The molecule has 2 amide bonds. The van der Waals surface area contributed by atoms with Crippen LogP contribution in [0.5, 0.6) is 0 Å². The summed E-state index contributed by atoms with van der Waals surface area (Å²) in [5.41, 5.74) is 10.3. The maximum Gasteiger partial charge on any atom is 0.322 e. The zero-order valence-corrected chi connectivity index (χ0v) is 20.5. The van der Waals surface area contributed by atoms with E-state index in [2.05, 4.69) is 24.9 Å². The molecule has 0 unspecified atom stereocenters. The first kappa shape index (κ1) is 31.9. The predicted octanol–water partition coefficient (Wildman–Crippen LogP) is 4.18. The lowest BCUT2D eigenvalue weighted by atomic mass is 10.0. The molecule has 0 fully saturated rings. The summed E-state index contributed by atoms with van der Waals surface area (Å²) in [4.78, 5) is 31.2. The lowest BCUT2D eigenvalue weighted by Gasteiger charge is -2.06. The number of primary amides is 1. The van der Waals surface area contributed by atoms with Crippen LogP contribution in [0.3, 0.4) is 0 Å². The number of carboxylic acids is 1. The van der Waals surface area contributed by atoms with Crippen molar-refractivity contribution in [2.24, 2.45) is 11.5 Å². The summed E-state index contributed by atoms with van der Waals surface area (Å²) in [6.45, 7) is 1.87.